The van der Waals surface area contributed by atoms with Crippen molar-refractivity contribution in [1.82, 2.24) is 9.97 Å². The Morgan fingerprint density at radius 2 is 2.07 bits per heavy atom. The van der Waals surface area contributed by atoms with Crippen LogP contribution in [-0.4, -0.2) is 27.4 Å². The smallest absolute Gasteiger partial charge is 0.325 e. The number of anilines is 1. The first kappa shape index (κ1) is 21.4. The van der Waals surface area contributed by atoms with Gasteiger partial charge in [-0.25, -0.2) is 4.98 Å². The molecule has 0 saturated carbocycles. The fraction of sp³-hybridized carbons (Fsp3) is 0.353. The lowest BCUT2D eigenvalue weighted by atomic mass is 10.2. The molecule has 0 aliphatic heterocycles. The third kappa shape index (κ3) is 7.30. The predicted molar refractivity (Wildman–Crippen MR) is 102 cm³/mol. The molecule has 0 aliphatic rings. The zero-order valence-electron chi connectivity index (χ0n) is 14.4. The lowest BCUT2D eigenvalue weighted by Crippen LogP contribution is -2.16. The van der Waals surface area contributed by atoms with Gasteiger partial charge in [0, 0.05) is 17.5 Å². The number of carbonyl (C=O) groups is 1. The van der Waals surface area contributed by atoms with Crippen molar-refractivity contribution in [3.8, 4) is 0 Å². The number of alkyl halides is 3. The molecule has 10 heteroatoms. The molecule has 0 atom stereocenters. The minimum atomic E-state index is -4.48. The number of benzene rings is 1. The van der Waals surface area contributed by atoms with Gasteiger partial charge in [-0.05, 0) is 30.4 Å². The van der Waals surface area contributed by atoms with Crippen molar-refractivity contribution < 1.29 is 18.0 Å². The lowest BCUT2D eigenvalue weighted by molar-refractivity contribution is -0.137. The molecule has 0 bridgehead atoms. The highest BCUT2D eigenvalue weighted by Crippen LogP contribution is 2.30. The summed E-state index contributed by atoms with van der Waals surface area (Å²) in [5.74, 6) is 0.968. The van der Waals surface area contributed by atoms with Gasteiger partial charge in [0.1, 0.15) is 0 Å². The lowest BCUT2D eigenvalue weighted by Gasteiger charge is -2.09. The average Bonchev–Trinajstić information content (AvgIpc) is 2.59. The van der Waals surface area contributed by atoms with Crippen LogP contribution in [-0.2, 0) is 16.7 Å². The maximum absolute atomic E-state index is 12.7. The Balaban J connectivity index is 1.95. The van der Waals surface area contributed by atoms with Crippen LogP contribution in [0.5, 0.6) is 0 Å². The van der Waals surface area contributed by atoms with Crippen LogP contribution in [0.3, 0.4) is 0 Å². The summed E-state index contributed by atoms with van der Waals surface area (Å²) in [5.41, 5.74) is -0.464. The summed E-state index contributed by atoms with van der Waals surface area (Å²) in [5, 5.41) is 2.71. The van der Waals surface area contributed by atoms with Crippen molar-refractivity contribution >= 4 is 35.1 Å². The Morgan fingerprint density at radius 3 is 2.78 bits per heavy atom. The molecular weight excluding hydrogens is 399 g/mol. The number of aromatic amines is 1. The van der Waals surface area contributed by atoms with Gasteiger partial charge in [0.2, 0.25) is 5.91 Å². The quantitative estimate of drug-likeness (QED) is 0.383. The maximum Gasteiger partial charge on any atom is 0.416 e. The number of nitrogens with one attached hydrogen (secondary N) is 2. The van der Waals surface area contributed by atoms with Crippen molar-refractivity contribution in [2.24, 2.45) is 0 Å². The summed E-state index contributed by atoms with van der Waals surface area (Å²) in [6, 6.07) is 5.82. The molecule has 27 heavy (non-hydrogen) atoms. The molecule has 1 amide bonds. The van der Waals surface area contributed by atoms with E-state index in [-0.39, 0.29) is 17.0 Å². The number of hydrogen-bond donors (Lipinski definition) is 2. The van der Waals surface area contributed by atoms with Gasteiger partial charge in [-0.2, -0.15) is 24.9 Å². The van der Waals surface area contributed by atoms with Gasteiger partial charge >= 0.3 is 6.18 Å². The van der Waals surface area contributed by atoms with Crippen LogP contribution in [0.4, 0.5) is 18.9 Å². The van der Waals surface area contributed by atoms with E-state index < -0.39 is 17.6 Å². The van der Waals surface area contributed by atoms with Gasteiger partial charge in [-0.3, -0.25) is 9.59 Å². The van der Waals surface area contributed by atoms with Crippen LogP contribution in [0.15, 0.2) is 40.3 Å². The first-order valence-corrected chi connectivity index (χ1v) is 10.2. The van der Waals surface area contributed by atoms with Crippen molar-refractivity contribution in [2.75, 3.05) is 16.8 Å². The van der Waals surface area contributed by atoms with Crippen LogP contribution in [0.2, 0.25) is 0 Å². The Hall–Kier alpha value is -1.94. The Labute approximate surface area is 162 Å². The van der Waals surface area contributed by atoms with Crippen molar-refractivity contribution in [2.45, 2.75) is 30.4 Å². The first-order valence-electron chi connectivity index (χ1n) is 8.06. The number of halogens is 3. The predicted octanol–water partition coefficient (Wildman–Crippen LogP) is 4.16. The summed E-state index contributed by atoms with van der Waals surface area (Å²) >= 11 is 2.67. The molecule has 5 nitrogen and oxygen atoms in total. The molecule has 146 valence electrons. The summed E-state index contributed by atoms with van der Waals surface area (Å²) in [6.07, 6.45) is -3.46. The molecule has 0 spiro atoms. The van der Waals surface area contributed by atoms with Gasteiger partial charge in [0.15, 0.2) is 5.16 Å². The van der Waals surface area contributed by atoms with Crippen LogP contribution in [0.25, 0.3) is 0 Å². The molecule has 2 rings (SSSR count). The summed E-state index contributed by atoms with van der Waals surface area (Å²) in [4.78, 5) is 30.5. The third-order valence-electron chi connectivity index (χ3n) is 3.19. The minimum absolute atomic E-state index is 0.0570. The van der Waals surface area contributed by atoms with E-state index in [0.29, 0.717) is 16.6 Å². The van der Waals surface area contributed by atoms with E-state index in [1.165, 1.54) is 18.2 Å². The zero-order chi connectivity index (χ0) is 19.9. The van der Waals surface area contributed by atoms with E-state index in [9.17, 15) is 22.8 Å². The number of thioether (sulfide) groups is 2. The first-order chi connectivity index (χ1) is 12.8. The van der Waals surface area contributed by atoms with Crippen LogP contribution >= 0.6 is 23.5 Å². The van der Waals surface area contributed by atoms with E-state index in [2.05, 4.69) is 22.2 Å². The van der Waals surface area contributed by atoms with Gasteiger partial charge in [-0.1, -0.05) is 24.8 Å². The number of hydrogen-bond acceptors (Lipinski definition) is 5. The summed E-state index contributed by atoms with van der Waals surface area (Å²) in [6.45, 7) is 2.06. The molecule has 0 aliphatic carbocycles. The second-order valence-corrected chi connectivity index (χ2v) is 7.58. The van der Waals surface area contributed by atoms with Gasteiger partial charge in [0.25, 0.3) is 5.56 Å². The number of H-pyrrole nitrogens is 1. The normalized spacial score (nSPS) is 11.4. The van der Waals surface area contributed by atoms with Crippen LogP contribution < -0.4 is 10.9 Å². The van der Waals surface area contributed by atoms with E-state index in [0.717, 1.165) is 36.1 Å². The molecule has 0 fully saturated rings. The molecule has 0 radical (unpaired) electrons. The number of amides is 1. The van der Waals surface area contributed by atoms with Gasteiger partial charge in [-0.15, -0.1) is 0 Å². The van der Waals surface area contributed by atoms with E-state index in [4.69, 9.17) is 0 Å². The van der Waals surface area contributed by atoms with E-state index >= 15 is 0 Å². The Kier molecular flexibility index (Phi) is 7.78. The summed E-state index contributed by atoms with van der Waals surface area (Å²) < 4.78 is 38.1. The fourth-order valence-corrected chi connectivity index (χ4v) is 3.54. The number of nitrogens with zero attached hydrogens (tertiary/aromatic N) is 1. The maximum atomic E-state index is 12.7. The third-order valence-corrected chi connectivity index (χ3v) is 5.26. The van der Waals surface area contributed by atoms with E-state index in [1.54, 1.807) is 11.8 Å². The van der Waals surface area contributed by atoms with Gasteiger partial charge in [0.05, 0.1) is 17.0 Å². The fourth-order valence-electron chi connectivity index (χ4n) is 2.05. The minimum Gasteiger partial charge on any atom is -0.325 e. The van der Waals surface area contributed by atoms with Crippen molar-refractivity contribution in [3.63, 3.8) is 0 Å². The standard InChI is InChI=1S/C17H18F3N3O2S2/c1-2-6-26-9-13-8-14(24)23-16(22-13)27-10-15(25)21-12-5-3-4-11(7-12)17(18,19)20/h3-5,7-8H,2,6,9-10H2,1H3,(H,21,25)(H,22,23,24). The number of carbonyl (C=O) groups excluding carboxylic acids is 1. The highest BCUT2D eigenvalue weighted by atomic mass is 32.2. The van der Waals surface area contributed by atoms with Crippen LogP contribution in [0, 0.1) is 0 Å². The van der Waals surface area contributed by atoms with Crippen molar-refractivity contribution in [3.05, 3.63) is 51.9 Å². The average molecular weight is 417 g/mol. The van der Waals surface area contributed by atoms with E-state index in [1.807, 2.05) is 0 Å². The molecule has 1 heterocycles. The molecular formula is C17H18F3N3O2S2. The SMILES string of the molecule is CCCSCc1cc(=O)[nH]c(SCC(=O)Nc2cccc(C(F)(F)F)c2)n1. The molecule has 0 saturated heterocycles. The van der Waals surface area contributed by atoms with Gasteiger partial charge < -0.3 is 10.3 Å². The highest BCUT2D eigenvalue weighted by Gasteiger charge is 2.30. The second-order valence-electron chi connectivity index (χ2n) is 5.51. The molecule has 2 N–H and O–H groups in total. The van der Waals surface area contributed by atoms with Crippen molar-refractivity contribution in [1.29, 1.82) is 0 Å². The number of aromatic nitrogens is 2. The molecule has 0 unspecified atom stereocenters. The number of rotatable bonds is 8. The highest BCUT2D eigenvalue weighted by molar-refractivity contribution is 7.99. The molecule has 1 aromatic carbocycles. The second kappa shape index (κ2) is 9.84. The Bertz CT molecular complexity index is 841. The van der Waals surface area contributed by atoms with Crippen LogP contribution in [0.1, 0.15) is 24.6 Å². The summed E-state index contributed by atoms with van der Waals surface area (Å²) in [7, 11) is 0. The molecule has 2 aromatic rings. The topological polar surface area (TPSA) is 74.8 Å². The monoisotopic (exact) mass is 417 g/mol. The largest absolute Gasteiger partial charge is 0.416 e. The Morgan fingerprint density at radius 1 is 1.30 bits per heavy atom. The molecule has 1 aromatic heterocycles. The zero-order valence-corrected chi connectivity index (χ0v) is 16.1.